The van der Waals surface area contributed by atoms with Crippen LogP contribution in [0.25, 0.3) is 0 Å². The summed E-state index contributed by atoms with van der Waals surface area (Å²) in [7, 11) is 0. The van der Waals surface area contributed by atoms with E-state index in [1.54, 1.807) is 24.3 Å². The summed E-state index contributed by atoms with van der Waals surface area (Å²) in [5, 5.41) is 13.9. The summed E-state index contributed by atoms with van der Waals surface area (Å²) in [5.41, 5.74) is 1.14. The maximum absolute atomic E-state index is 12.4. The fraction of sp³-hybridized carbons (Fsp3) is 0.294. The van der Waals surface area contributed by atoms with Crippen LogP contribution in [0.3, 0.4) is 0 Å². The Morgan fingerprint density at radius 1 is 1.29 bits per heavy atom. The molecular weight excluding hydrogens is 306 g/mol. The second-order valence-electron chi connectivity index (χ2n) is 5.70. The summed E-state index contributed by atoms with van der Waals surface area (Å²) < 4.78 is 2.04. The first kappa shape index (κ1) is 15.9. The lowest BCUT2D eigenvalue weighted by molar-refractivity contribution is -0.111. The Kier molecular flexibility index (Phi) is 4.41. The van der Waals surface area contributed by atoms with Crippen LogP contribution in [0.1, 0.15) is 40.9 Å². The lowest BCUT2D eigenvalue weighted by atomic mass is 10.1. The zero-order chi connectivity index (χ0) is 17.1. The van der Waals surface area contributed by atoms with E-state index in [0.717, 1.165) is 31.0 Å². The Balaban J connectivity index is 1.69. The molecule has 0 radical (unpaired) electrons. The van der Waals surface area contributed by atoms with Gasteiger partial charge in [0.1, 0.15) is 5.82 Å². The molecule has 1 aliphatic heterocycles. The number of aryl methyl sites for hydroxylation is 1. The Morgan fingerprint density at radius 3 is 2.75 bits per heavy atom. The van der Waals surface area contributed by atoms with E-state index in [0.29, 0.717) is 11.3 Å². The number of amides is 2. The van der Waals surface area contributed by atoms with Crippen LogP contribution in [-0.4, -0.2) is 26.6 Å². The fourth-order valence-electron chi connectivity index (χ4n) is 2.79. The third kappa shape index (κ3) is 3.19. The molecule has 7 nitrogen and oxygen atoms in total. The van der Waals surface area contributed by atoms with E-state index in [1.807, 2.05) is 11.5 Å². The molecule has 24 heavy (non-hydrogen) atoms. The summed E-state index contributed by atoms with van der Waals surface area (Å²) in [4.78, 5) is 23.7. The molecule has 0 fully saturated rings. The van der Waals surface area contributed by atoms with Gasteiger partial charge in [-0.1, -0.05) is 6.58 Å². The van der Waals surface area contributed by atoms with Crippen molar-refractivity contribution < 1.29 is 9.59 Å². The zero-order valence-electron chi connectivity index (χ0n) is 13.5. The van der Waals surface area contributed by atoms with Crippen LogP contribution in [0.15, 0.2) is 36.9 Å². The second-order valence-corrected chi connectivity index (χ2v) is 5.70. The van der Waals surface area contributed by atoms with Crippen LogP contribution in [0, 0.1) is 6.92 Å². The van der Waals surface area contributed by atoms with E-state index in [9.17, 15) is 9.59 Å². The number of aromatic nitrogens is 3. The molecule has 0 saturated carbocycles. The van der Waals surface area contributed by atoms with Crippen molar-refractivity contribution in [3.63, 3.8) is 0 Å². The number of nitrogens with zero attached hydrogens (tertiary/aromatic N) is 3. The van der Waals surface area contributed by atoms with Gasteiger partial charge in [0.15, 0.2) is 5.82 Å². The summed E-state index contributed by atoms with van der Waals surface area (Å²) in [6, 6.07) is 6.58. The minimum absolute atomic E-state index is 0.132. The van der Waals surface area contributed by atoms with Gasteiger partial charge in [-0.05, 0) is 50.1 Å². The third-order valence-corrected chi connectivity index (χ3v) is 4.06. The van der Waals surface area contributed by atoms with Crippen LogP contribution < -0.4 is 10.6 Å². The van der Waals surface area contributed by atoms with Crippen LogP contribution in [-0.2, 0) is 11.3 Å². The van der Waals surface area contributed by atoms with E-state index < -0.39 is 0 Å². The lowest BCUT2D eigenvalue weighted by Gasteiger charge is -2.24. The molecule has 3 rings (SSSR count). The van der Waals surface area contributed by atoms with Crippen LogP contribution in [0.4, 0.5) is 5.69 Å². The number of rotatable bonds is 4. The predicted octanol–water partition coefficient (Wildman–Crippen LogP) is 1.98. The molecule has 7 heteroatoms. The number of nitrogens with one attached hydrogen (secondary N) is 2. The molecule has 0 spiro atoms. The highest BCUT2D eigenvalue weighted by Crippen LogP contribution is 2.24. The molecule has 1 unspecified atom stereocenters. The van der Waals surface area contributed by atoms with E-state index in [1.165, 1.54) is 6.08 Å². The van der Waals surface area contributed by atoms with E-state index in [-0.39, 0.29) is 17.9 Å². The minimum atomic E-state index is -0.288. The number of carbonyl (C=O) groups is 2. The molecule has 2 aromatic rings. The van der Waals surface area contributed by atoms with E-state index in [2.05, 4.69) is 27.4 Å². The van der Waals surface area contributed by atoms with Gasteiger partial charge in [0, 0.05) is 17.8 Å². The van der Waals surface area contributed by atoms with Crippen LogP contribution >= 0.6 is 0 Å². The van der Waals surface area contributed by atoms with Gasteiger partial charge in [0.2, 0.25) is 5.91 Å². The maximum Gasteiger partial charge on any atom is 0.251 e. The largest absolute Gasteiger partial charge is 0.342 e. The van der Waals surface area contributed by atoms with Crippen LogP contribution in [0.2, 0.25) is 0 Å². The molecular formula is C17H19N5O2. The van der Waals surface area contributed by atoms with Crippen LogP contribution in [0.5, 0.6) is 0 Å². The standard InChI is InChI=1S/C17H19N5O2/c1-3-15(23)18-13-8-6-12(7-9-13)17(24)19-14-5-4-10-22-11(2)20-21-16(14)22/h3,6-9,14H,1,4-5,10H2,2H3,(H,18,23)(H,19,24). The number of carbonyl (C=O) groups excluding carboxylic acids is 2. The first-order valence-corrected chi connectivity index (χ1v) is 7.82. The summed E-state index contributed by atoms with van der Waals surface area (Å²) in [6.45, 7) is 6.20. The zero-order valence-corrected chi connectivity index (χ0v) is 13.5. The molecule has 0 bridgehead atoms. The average Bonchev–Trinajstić information content (AvgIpc) is 2.98. The number of anilines is 1. The molecule has 124 valence electrons. The van der Waals surface area contributed by atoms with Crippen molar-refractivity contribution in [2.75, 3.05) is 5.32 Å². The average molecular weight is 325 g/mol. The molecule has 2 heterocycles. The van der Waals surface area contributed by atoms with Gasteiger partial charge in [0.25, 0.3) is 5.91 Å². The smallest absolute Gasteiger partial charge is 0.251 e. The molecule has 0 saturated heterocycles. The van der Waals surface area contributed by atoms with Crippen molar-refractivity contribution >= 4 is 17.5 Å². The first-order chi connectivity index (χ1) is 11.6. The van der Waals surface area contributed by atoms with Gasteiger partial charge in [-0.25, -0.2) is 0 Å². The van der Waals surface area contributed by atoms with Crippen molar-refractivity contribution in [3.8, 4) is 0 Å². The van der Waals surface area contributed by atoms with E-state index in [4.69, 9.17) is 0 Å². The van der Waals surface area contributed by atoms with Gasteiger partial charge in [-0.15, -0.1) is 10.2 Å². The molecule has 1 atom stereocenters. The molecule has 1 aromatic heterocycles. The number of fused-ring (bicyclic) bond motifs is 1. The lowest BCUT2D eigenvalue weighted by Crippen LogP contribution is -2.33. The quantitative estimate of drug-likeness (QED) is 0.841. The van der Waals surface area contributed by atoms with Gasteiger partial charge < -0.3 is 15.2 Å². The first-order valence-electron chi connectivity index (χ1n) is 7.82. The molecule has 0 aliphatic carbocycles. The molecule has 1 aromatic carbocycles. The maximum atomic E-state index is 12.4. The Labute approximate surface area is 139 Å². The van der Waals surface area contributed by atoms with E-state index >= 15 is 0 Å². The molecule has 1 aliphatic rings. The Bertz CT molecular complexity index is 779. The molecule has 2 N–H and O–H groups in total. The van der Waals surface area contributed by atoms with Gasteiger partial charge in [-0.2, -0.15) is 0 Å². The minimum Gasteiger partial charge on any atom is -0.342 e. The molecule has 2 amide bonds. The van der Waals surface area contributed by atoms with Crippen molar-refractivity contribution in [2.24, 2.45) is 0 Å². The van der Waals surface area contributed by atoms with Gasteiger partial charge in [-0.3, -0.25) is 9.59 Å². The highest BCUT2D eigenvalue weighted by atomic mass is 16.2. The number of hydrogen-bond acceptors (Lipinski definition) is 4. The van der Waals surface area contributed by atoms with Crippen molar-refractivity contribution in [2.45, 2.75) is 32.4 Å². The third-order valence-electron chi connectivity index (χ3n) is 4.06. The topological polar surface area (TPSA) is 88.9 Å². The monoisotopic (exact) mass is 325 g/mol. The van der Waals surface area contributed by atoms with Gasteiger partial charge in [0.05, 0.1) is 6.04 Å². The highest BCUT2D eigenvalue weighted by Gasteiger charge is 2.25. The normalized spacial score (nSPS) is 16.1. The predicted molar refractivity (Wildman–Crippen MR) is 89.5 cm³/mol. The van der Waals surface area contributed by atoms with Crippen molar-refractivity contribution in [3.05, 3.63) is 54.1 Å². The number of benzene rings is 1. The van der Waals surface area contributed by atoms with Crippen molar-refractivity contribution in [1.82, 2.24) is 20.1 Å². The second kappa shape index (κ2) is 6.66. The number of hydrogen-bond donors (Lipinski definition) is 2. The Hall–Kier alpha value is -2.96. The van der Waals surface area contributed by atoms with Gasteiger partial charge >= 0.3 is 0 Å². The summed E-state index contributed by atoms with van der Waals surface area (Å²) >= 11 is 0. The summed E-state index contributed by atoms with van der Waals surface area (Å²) in [6.07, 6.45) is 3.02. The van der Waals surface area contributed by atoms with Crippen molar-refractivity contribution in [1.29, 1.82) is 0 Å². The SMILES string of the molecule is C=CC(=O)Nc1ccc(C(=O)NC2CCCn3c(C)nnc32)cc1. The fourth-order valence-corrected chi connectivity index (χ4v) is 2.79. The highest BCUT2D eigenvalue weighted by molar-refractivity contribution is 5.99. The Morgan fingerprint density at radius 2 is 2.04 bits per heavy atom. The summed E-state index contributed by atoms with van der Waals surface area (Å²) in [5.74, 6) is 1.22.